The van der Waals surface area contributed by atoms with Gasteiger partial charge in [-0.2, -0.15) is 0 Å². The van der Waals surface area contributed by atoms with Gasteiger partial charge in [-0.3, -0.25) is 9.59 Å². The smallest absolute Gasteiger partial charge is 0.305 e. The molecule has 0 aromatic heterocycles. The summed E-state index contributed by atoms with van der Waals surface area (Å²) in [7, 11) is 0. The van der Waals surface area contributed by atoms with Gasteiger partial charge >= 0.3 is 5.97 Å². The Morgan fingerprint density at radius 2 is 2.16 bits per heavy atom. The number of hydrogen-bond acceptors (Lipinski definition) is 4. The van der Waals surface area contributed by atoms with Crippen LogP contribution >= 0.6 is 15.9 Å². The lowest BCUT2D eigenvalue weighted by Crippen LogP contribution is -2.15. The normalized spacial score (nSPS) is 10.0. The highest BCUT2D eigenvalue weighted by Gasteiger charge is 2.08. The summed E-state index contributed by atoms with van der Waals surface area (Å²) in [6.45, 7) is 2.74. The van der Waals surface area contributed by atoms with Crippen molar-refractivity contribution in [2.45, 2.75) is 19.8 Å². The molecule has 1 aromatic carbocycles. The third kappa shape index (κ3) is 5.30. The molecule has 0 saturated carbocycles. The van der Waals surface area contributed by atoms with Gasteiger partial charge in [-0.1, -0.05) is 15.9 Å². The first kappa shape index (κ1) is 15.5. The van der Waals surface area contributed by atoms with Crippen LogP contribution in [-0.2, 0) is 9.53 Å². The molecule has 0 aliphatic rings. The number of esters is 1. The van der Waals surface area contributed by atoms with Crippen molar-refractivity contribution in [2.75, 3.05) is 18.5 Å². The minimum Gasteiger partial charge on any atom is -0.466 e. The van der Waals surface area contributed by atoms with Gasteiger partial charge in [0.15, 0.2) is 0 Å². The predicted molar refractivity (Wildman–Crippen MR) is 77.0 cm³/mol. The summed E-state index contributed by atoms with van der Waals surface area (Å²) in [5.74, 6) is -0.704. The highest BCUT2D eigenvalue weighted by Crippen LogP contribution is 2.20. The van der Waals surface area contributed by atoms with Crippen LogP contribution in [0.25, 0.3) is 0 Å². The number of carbonyl (C=O) groups is 2. The first-order chi connectivity index (χ1) is 9.04. The molecule has 0 aliphatic heterocycles. The standard InChI is InChI=1S/C13H17BrN2O3/c1-2-19-12(17)4-3-7-16-11-6-5-9(14)8-10(11)13(15)18/h5-6,8,16H,2-4,7H2,1H3,(H2,15,18). The fourth-order valence-corrected chi connectivity index (χ4v) is 1.92. The molecule has 0 unspecified atom stereocenters. The van der Waals surface area contributed by atoms with E-state index in [0.29, 0.717) is 37.2 Å². The minimum absolute atomic E-state index is 0.213. The zero-order valence-electron chi connectivity index (χ0n) is 10.7. The first-order valence-electron chi connectivity index (χ1n) is 6.03. The molecule has 0 spiro atoms. The molecule has 1 rings (SSSR count). The Bertz CT molecular complexity index is 463. The fourth-order valence-electron chi connectivity index (χ4n) is 1.56. The molecule has 0 fully saturated rings. The van der Waals surface area contributed by atoms with Crippen molar-refractivity contribution in [1.29, 1.82) is 0 Å². The monoisotopic (exact) mass is 328 g/mol. The average Bonchev–Trinajstić information content (AvgIpc) is 2.36. The van der Waals surface area contributed by atoms with Crippen LogP contribution in [0.1, 0.15) is 30.1 Å². The number of halogens is 1. The molecule has 0 radical (unpaired) electrons. The third-order valence-corrected chi connectivity index (χ3v) is 2.92. The van der Waals surface area contributed by atoms with Gasteiger partial charge in [0.05, 0.1) is 12.2 Å². The second-order valence-corrected chi connectivity index (χ2v) is 4.81. The zero-order chi connectivity index (χ0) is 14.3. The summed E-state index contributed by atoms with van der Waals surface area (Å²) in [4.78, 5) is 22.4. The highest BCUT2D eigenvalue weighted by atomic mass is 79.9. The molecule has 6 heteroatoms. The van der Waals surface area contributed by atoms with E-state index in [9.17, 15) is 9.59 Å². The summed E-state index contributed by atoms with van der Waals surface area (Å²) in [5, 5.41) is 3.09. The van der Waals surface area contributed by atoms with E-state index in [1.54, 1.807) is 19.1 Å². The number of amides is 1. The van der Waals surface area contributed by atoms with E-state index in [2.05, 4.69) is 21.2 Å². The van der Waals surface area contributed by atoms with Crippen molar-refractivity contribution in [2.24, 2.45) is 5.73 Å². The van der Waals surface area contributed by atoms with Gasteiger partial charge in [-0.25, -0.2) is 0 Å². The number of carbonyl (C=O) groups excluding carboxylic acids is 2. The quantitative estimate of drug-likeness (QED) is 0.594. The van der Waals surface area contributed by atoms with Crippen molar-refractivity contribution >= 4 is 33.5 Å². The second kappa shape index (κ2) is 7.78. The van der Waals surface area contributed by atoms with Gasteiger partial charge in [0.1, 0.15) is 0 Å². The lowest BCUT2D eigenvalue weighted by molar-refractivity contribution is -0.143. The first-order valence-corrected chi connectivity index (χ1v) is 6.82. The van der Waals surface area contributed by atoms with E-state index in [-0.39, 0.29) is 5.97 Å². The number of primary amides is 1. The SMILES string of the molecule is CCOC(=O)CCCNc1ccc(Br)cc1C(N)=O. The van der Waals surface area contributed by atoms with Crippen LogP contribution in [-0.4, -0.2) is 25.0 Å². The molecule has 0 saturated heterocycles. The topological polar surface area (TPSA) is 81.4 Å². The molecule has 1 amide bonds. The molecule has 1 aromatic rings. The van der Waals surface area contributed by atoms with Crippen molar-refractivity contribution in [3.63, 3.8) is 0 Å². The van der Waals surface area contributed by atoms with Crippen molar-refractivity contribution in [1.82, 2.24) is 0 Å². The van der Waals surface area contributed by atoms with Gasteiger partial charge in [-0.05, 0) is 31.5 Å². The van der Waals surface area contributed by atoms with E-state index < -0.39 is 5.91 Å². The van der Waals surface area contributed by atoms with Crippen LogP contribution < -0.4 is 11.1 Å². The largest absolute Gasteiger partial charge is 0.466 e. The Kier molecular flexibility index (Phi) is 6.35. The summed E-state index contributed by atoms with van der Waals surface area (Å²) < 4.78 is 5.61. The van der Waals surface area contributed by atoms with E-state index in [4.69, 9.17) is 10.5 Å². The Labute approximate surface area is 120 Å². The van der Waals surface area contributed by atoms with Crippen molar-refractivity contribution < 1.29 is 14.3 Å². The summed E-state index contributed by atoms with van der Waals surface area (Å²) in [5.41, 5.74) is 6.39. The molecule has 5 nitrogen and oxygen atoms in total. The molecule has 0 heterocycles. The van der Waals surface area contributed by atoms with Crippen LogP contribution in [0.15, 0.2) is 22.7 Å². The van der Waals surface area contributed by atoms with Crippen LogP contribution in [0.4, 0.5) is 5.69 Å². The molecule has 104 valence electrons. The Balaban J connectivity index is 2.49. The molecule has 19 heavy (non-hydrogen) atoms. The Morgan fingerprint density at radius 1 is 1.42 bits per heavy atom. The summed E-state index contributed by atoms with van der Waals surface area (Å²) in [6, 6.07) is 5.25. The van der Waals surface area contributed by atoms with E-state index in [1.165, 1.54) is 0 Å². The molecular weight excluding hydrogens is 312 g/mol. The van der Waals surface area contributed by atoms with Gasteiger partial charge in [0.25, 0.3) is 5.91 Å². The van der Waals surface area contributed by atoms with Crippen molar-refractivity contribution in [3.8, 4) is 0 Å². The number of nitrogens with one attached hydrogen (secondary N) is 1. The number of benzene rings is 1. The van der Waals surface area contributed by atoms with E-state index in [1.807, 2.05) is 6.07 Å². The predicted octanol–water partition coefficient (Wildman–Crippen LogP) is 2.30. The Morgan fingerprint density at radius 3 is 2.79 bits per heavy atom. The number of hydrogen-bond donors (Lipinski definition) is 2. The van der Waals surface area contributed by atoms with E-state index in [0.717, 1.165) is 4.47 Å². The molecule has 0 bridgehead atoms. The van der Waals surface area contributed by atoms with Gasteiger partial charge in [0.2, 0.25) is 0 Å². The van der Waals surface area contributed by atoms with Crippen LogP contribution in [0, 0.1) is 0 Å². The number of nitrogens with two attached hydrogens (primary N) is 1. The van der Waals surface area contributed by atoms with Gasteiger partial charge in [-0.15, -0.1) is 0 Å². The summed E-state index contributed by atoms with van der Waals surface area (Å²) in [6.07, 6.45) is 0.983. The van der Waals surface area contributed by atoms with Crippen LogP contribution in [0.2, 0.25) is 0 Å². The number of rotatable bonds is 7. The Hall–Kier alpha value is -1.56. The lowest BCUT2D eigenvalue weighted by Gasteiger charge is -2.10. The molecule has 0 atom stereocenters. The highest BCUT2D eigenvalue weighted by molar-refractivity contribution is 9.10. The maximum Gasteiger partial charge on any atom is 0.305 e. The lowest BCUT2D eigenvalue weighted by atomic mass is 10.1. The van der Waals surface area contributed by atoms with Gasteiger partial charge < -0.3 is 15.8 Å². The average molecular weight is 329 g/mol. The second-order valence-electron chi connectivity index (χ2n) is 3.89. The third-order valence-electron chi connectivity index (χ3n) is 2.43. The van der Waals surface area contributed by atoms with Gasteiger partial charge in [0, 0.05) is 23.1 Å². The maximum absolute atomic E-state index is 11.3. The molecule has 0 aliphatic carbocycles. The van der Waals surface area contributed by atoms with E-state index >= 15 is 0 Å². The minimum atomic E-state index is -0.491. The zero-order valence-corrected chi connectivity index (χ0v) is 12.3. The van der Waals surface area contributed by atoms with Crippen LogP contribution in [0.5, 0.6) is 0 Å². The number of ether oxygens (including phenoxy) is 1. The maximum atomic E-state index is 11.3. The van der Waals surface area contributed by atoms with Crippen molar-refractivity contribution in [3.05, 3.63) is 28.2 Å². The molecule has 3 N–H and O–H groups in total. The molecular formula is C13H17BrN2O3. The number of anilines is 1. The fraction of sp³-hybridized carbons (Fsp3) is 0.385. The van der Waals surface area contributed by atoms with Crippen LogP contribution in [0.3, 0.4) is 0 Å². The summed E-state index contributed by atoms with van der Waals surface area (Å²) >= 11 is 3.29.